The van der Waals surface area contributed by atoms with E-state index in [1.165, 1.54) is 24.3 Å². The van der Waals surface area contributed by atoms with Crippen LogP contribution in [0.5, 0.6) is 0 Å². The number of hydrogen-bond donors (Lipinski definition) is 1. The monoisotopic (exact) mass is 876 g/mol. The Morgan fingerprint density at radius 2 is 1.02 bits per heavy atom. The summed E-state index contributed by atoms with van der Waals surface area (Å²) in [6.07, 6.45) is -6.62. The van der Waals surface area contributed by atoms with Crippen molar-refractivity contribution < 1.29 is 82.6 Å². The second kappa shape index (κ2) is 19.4. The standard InChI is InChI=1S/C19H19F13O3S.C14H22O3S.2CH4/c1-3-4-11(2)12-5-7-13(8-6-12)36(33,34)35-10-9-14(20,21)15(22,23)16(24,25)17(26,27)18(28,29)19(30,31)32;1-5-14(3,4)10-11(2)12-6-8-13(9-7-12)18(15,16)17;;/h5-8,11H,3-4,9-10H2,1-2H3;6-9,11H,5,10H2,1-4H3,(H,15,16,17);2*1H4. The Balaban J connectivity index is 0. The molecule has 2 aromatic carbocycles. The highest BCUT2D eigenvalue weighted by Crippen LogP contribution is 2.60. The molecule has 0 radical (unpaired) electrons. The third kappa shape index (κ3) is 12.7. The average Bonchev–Trinajstić information content (AvgIpc) is 3.03. The zero-order valence-electron chi connectivity index (χ0n) is 29.7. The third-order valence-corrected chi connectivity index (χ3v) is 10.9. The molecular formula is C35H49F13O6S2. The van der Waals surface area contributed by atoms with Gasteiger partial charge in [-0.05, 0) is 65.5 Å². The minimum atomic E-state index is -8.02. The maximum Gasteiger partial charge on any atom is 0.460 e. The quantitative estimate of drug-likeness (QED) is 0.0966. The molecule has 2 aromatic rings. The average molecular weight is 877 g/mol. The molecule has 21 heteroatoms. The minimum Gasteiger partial charge on any atom is -0.282 e. The van der Waals surface area contributed by atoms with E-state index in [9.17, 15) is 73.9 Å². The van der Waals surface area contributed by atoms with Crippen LogP contribution in [0, 0.1) is 5.41 Å². The molecule has 2 rings (SSSR count). The van der Waals surface area contributed by atoms with E-state index in [4.69, 9.17) is 4.55 Å². The van der Waals surface area contributed by atoms with Crippen LogP contribution in [0.25, 0.3) is 0 Å². The Bertz CT molecular complexity index is 1730. The Hall–Kier alpha value is -2.65. The molecule has 0 aliphatic rings. The lowest BCUT2D eigenvalue weighted by atomic mass is 9.79. The van der Waals surface area contributed by atoms with Crippen LogP contribution in [0.3, 0.4) is 0 Å². The second-order valence-electron chi connectivity index (χ2n) is 13.5. The van der Waals surface area contributed by atoms with Crippen LogP contribution in [0.15, 0.2) is 58.3 Å². The summed E-state index contributed by atoms with van der Waals surface area (Å²) in [5.74, 6) is -37.3. The van der Waals surface area contributed by atoms with Crippen LogP contribution >= 0.6 is 0 Å². The van der Waals surface area contributed by atoms with Crippen LogP contribution in [0.2, 0.25) is 0 Å². The van der Waals surface area contributed by atoms with Crippen molar-refractivity contribution in [2.24, 2.45) is 5.41 Å². The Morgan fingerprint density at radius 3 is 1.39 bits per heavy atom. The predicted molar refractivity (Wildman–Crippen MR) is 185 cm³/mol. The second-order valence-corrected chi connectivity index (χ2v) is 16.5. The summed E-state index contributed by atoms with van der Waals surface area (Å²) in [6.45, 7) is 10.4. The SMILES string of the molecule is C.C.CCC(C)(C)CC(C)c1ccc(S(=O)(=O)O)cc1.CCCC(C)c1ccc(S(=O)(=O)OCCC(F)(F)C(F)(F)C(F)(F)C(F)(F)C(F)(F)C(F)(F)F)cc1. The van der Waals surface area contributed by atoms with Crippen LogP contribution in [0.4, 0.5) is 57.1 Å². The van der Waals surface area contributed by atoms with Crippen molar-refractivity contribution in [1.29, 1.82) is 0 Å². The van der Waals surface area contributed by atoms with Crippen molar-refractivity contribution in [1.82, 2.24) is 0 Å². The molecular weight excluding hydrogens is 827 g/mol. The summed E-state index contributed by atoms with van der Waals surface area (Å²) in [4.78, 5) is -0.736. The maximum absolute atomic E-state index is 13.7. The summed E-state index contributed by atoms with van der Waals surface area (Å²) in [5, 5.41) is 0. The van der Waals surface area contributed by atoms with Crippen molar-refractivity contribution in [3.05, 3.63) is 59.7 Å². The molecule has 0 spiro atoms. The highest BCUT2D eigenvalue weighted by atomic mass is 32.2. The van der Waals surface area contributed by atoms with Gasteiger partial charge in [-0.15, -0.1) is 0 Å². The first kappa shape index (κ1) is 55.4. The van der Waals surface area contributed by atoms with Gasteiger partial charge in [0.2, 0.25) is 0 Å². The summed E-state index contributed by atoms with van der Waals surface area (Å²) in [7, 11) is -9.06. The first-order chi connectivity index (χ1) is 24.1. The largest absolute Gasteiger partial charge is 0.460 e. The van der Waals surface area contributed by atoms with Crippen LogP contribution < -0.4 is 0 Å². The molecule has 2 atom stereocenters. The van der Waals surface area contributed by atoms with Gasteiger partial charge in [0.15, 0.2) is 0 Å². The number of alkyl halides is 13. The molecule has 56 heavy (non-hydrogen) atoms. The normalized spacial score (nSPS) is 14.8. The van der Waals surface area contributed by atoms with Gasteiger partial charge in [0, 0.05) is 6.42 Å². The van der Waals surface area contributed by atoms with Gasteiger partial charge in [-0.25, -0.2) is 0 Å². The summed E-state index contributed by atoms with van der Waals surface area (Å²) < 4.78 is 229. The molecule has 0 saturated carbocycles. The lowest BCUT2D eigenvalue weighted by Gasteiger charge is -2.39. The fourth-order valence-corrected chi connectivity index (χ4v) is 6.32. The predicted octanol–water partition coefficient (Wildman–Crippen LogP) is 12.6. The zero-order valence-corrected chi connectivity index (χ0v) is 31.4. The number of benzene rings is 2. The smallest absolute Gasteiger partial charge is 0.282 e. The van der Waals surface area contributed by atoms with Crippen molar-refractivity contribution in [3.8, 4) is 0 Å². The van der Waals surface area contributed by atoms with Gasteiger partial charge in [0.25, 0.3) is 20.2 Å². The van der Waals surface area contributed by atoms with E-state index >= 15 is 0 Å². The Labute approximate surface area is 320 Å². The first-order valence-electron chi connectivity index (χ1n) is 16.1. The molecule has 0 bridgehead atoms. The molecule has 0 amide bonds. The van der Waals surface area contributed by atoms with Gasteiger partial charge in [0.1, 0.15) is 0 Å². The highest BCUT2D eigenvalue weighted by molar-refractivity contribution is 7.86. The highest BCUT2D eigenvalue weighted by Gasteiger charge is 2.90. The van der Waals surface area contributed by atoms with Crippen molar-refractivity contribution in [2.75, 3.05) is 6.61 Å². The van der Waals surface area contributed by atoms with E-state index in [0.717, 1.165) is 37.0 Å². The fraction of sp³-hybridized carbons (Fsp3) is 0.657. The molecule has 0 fully saturated rings. The van der Waals surface area contributed by atoms with Gasteiger partial charge in [-0.1, -0.05) is 93.5 Å². The van der Waals surface area contributed by atoms with Crippen molar-refractivity contribution in [3.63, 3.8) is 0 Å². The molecule has 2 unspecified atom stereocenters. The van der Waals surface area contributed by atoms with Gasteiger partial charge in [0.05, 0.1) is 16.4 Å². The van der Waals surface area contributed by atoms with E-state index in [1.54, 1.807) is 19.1 Å². The summed E-state index contributed by atoms with van der Waals surface area (Å²) in [6, 6.07) is 11.0. The first-order valence-corrected chi connectivity index (χ1v) is 18.9. The fourth-order valence-electron chi connectivity index (χ4n) is 4.93. The van der Waals surface area contributed by atoms with Crippen LogP contribution in [-0.2, 0) is 24.4 Å². The van der Waals surface area contributed by atoms with E-state index in [-0.39, 0.29) is 31.1 Å². The lowest BCUT2D eigenvalue weighted by Crippen LogP contribution is -2.70. The molecule has 0 saturated heterocycles. The number of rotatable bonds is 17. The molecule has 0 aromatic heterocycles. The van der Waals surface area contributed by atoms with Crippen LogP contribution in [0.1, 0.15) is 111 Å². The number of hydrogen-bond acceptors (Lipinski definition) is 5. The molecule has 6 nitrogen and oxygen atoms in total. The van der Waals surface area contributed by atoms with E-state index < -0.39 is 73.9 Å². The molecule has 0 aliphatic heterocycles. The summed E-state index contributed by atoms with van der Waals surface area (Å²) >= 11 is 0. The maximum atomic E-state index is 13.7. The Morgan fingerprint density at radius 1 is 0.625 bits per heavy atom. The van der Waals surface area contributed by atoms with Crippen molar-refractivity contribution >= 4 is 20.2 Å². The number of halogens is 13. The zero-order chi connectivity index (χ0) is 42.6. The van der Waals surface area contributed by atoms with Gasteiger partial charge in [-0.2, -0.15) is 73.9 Å². The van der Waals surface area contributed by atoms with Gasteiger partial charge < -0.3 is 0 Å². The minimum absolute atomic E-state index is 0. The van der Waals surface area contributed by atoms with Gasteiger partial charge in [-0.3, -0.25) is 8.74 Å². The molecule has 0 aliphatic carbocycles. The van der Waals surface area contributed by atoms with E-state index in [2.05, 4.69) is 31.9 Å². The van der Waals surface area contributed by atoms with E-state index in [1.807, 2.05) is 6.92 Å². The van der Waals surface area contributed by atoms with E-state index in [0.29, 0.717) is 17.9 Å². The summed E-state index contributed by atoms with van der Waals surface area (Å²) in [5.41, 5.74) is 2.03. The van der Waals surface area contributed by atoms with Crippen molar-refractivity contribution in [2.45, 2.75) is 146 Å². The molecule has 328 valence electrons. The van der Waals surface area contributed by atoms with Crippen LogP contribution in [-0.4, -0.2) is 63.8 Å². The van der Waals surface area contributed by atoms with Gasteiger partial charge >= 0.3 is 35.8 Å². The molecule has 1 N–H and O–H groups in total. The topological polar surface area (TPSA) is 97.7 Å². The lowest BCUT2D eigenvalue weighted by molar-refractivity contribution is -0.440. The third-order valence-electron chi connectivity index (χ3n) is 8.68. The Kier molecular flexibility index (Phi) is 19.2. The molecule has 0 heterocycles.